The molecule has 0 spiro atoms. The summed E-state index contributed by atoms with van der Waals surface area (Å²) in [6, 6.07) is 7.45. The molecule has 1 rings (SSSR count). The first kappa shape index (κ1) is 14.0. The van der Waals surface area contributed by atoms with Crippen LogP contribution < -0.4 is 15.8 Å². The van der Waals surface area contributed by atoms with Crippen molar-refractivity contribution in [1.82, 2.24) is 5.32 Å². The quantitative estimate of drug-likeness (QED) is 0.781. The Bertz CT molecular complexity index is 432. The fourth-order valence-corrected chi connectivity index (χ4v) is 1.45. The van der Waals surface area contributed by atoms with Gasteiger partial charge in [0.25, 0.3) is 5.91 Å². The second kappa shape index (κ2) is 6.64. The molecule has 1 aromatic carbocycles. The van der Waals surface area contributed by atoms with Crippen molar-refractivity contribution in [2.24, 2.45) is 5.73 Å². The highest BCUT2D eigenvalue weighted by molar-refractivity contribution is 5.86. The van der Waals surface area contributed by atoms with Crippen LogP contribution in [0.15, 0.2) is 24.3 Å². The number of amides is 2. The summed E-state index contributed by atoms with van der Waals surface area (Å²) in [7, 11) is 0. The van der Waals surface area contributed by atoms with Crippen molar-refractivity contribution in [3.63, 3.8) is 0 Å². The maximum absolute atomic E-state index is 11.8. The third kappa shape index (κ3) is 4.08. The Kier molecular flexibility index (Phi) is 5.17. The Balaban J connectivity index is 2.64. The molecule has 0 fully saturated rings. The zero-order valence-corrected chi connectivity index (χ0v) is 10.6. The maximum Gasteiger partial charge on any atom is 0.261 e. The van der Waals surface area contributed by atoms with E-state index in [9.17, 15) is 9.59 Å². The minimum atomic E-state index is -0.620. The normalized spacial score (nSPS) is 11.7. The van der Waals surface area contributed by atoms with Gasteiger partial charge in [0.2, 0.25) is 5.91 Å². The monoisotopic (exact) mass is 250 g/mol. The zero-order valence-electron chi connectivity index (χ0n) is 10.6. The summed E-state index contributed by atoms with van der Waals surface area (Å²) in [6.45, 7) is 3.57. The molecule has 0 aliphatic rings. The van der Waals surface area contributed by atoms with E-state index >= 15 is 0 Å². The first-order valence-electron chi connectivity index (χ1n) is 5.83. The fourth-order valence-electron chi connectivity index (χ4n) is 1.45. The van der Waals surface area contributed by atoms with Crippen LogP contribution in [0, 0.1) is 6.92 Å². The van der Waals surface area contributed by atoms with E-state index < -0.39 is 12.0 Å². The van der Waals surface area contributed by atoms with Gasteiger partial charge in [0.05, 0.1) is 6.54 Å². The number of hydrogen-bond donors (Lipinski definition) is 2. The number of primary amides is 1. The molecule has 2 amide bonds. The van der Waals surface area contributed by atoms with Crippen molar-refractivity contribution in [2.45, 2.75) is 26.4 Å². The molecule has 0 saturated carbocycles. The van der Waals surface area contributed by atoms with Crippen LogP contribution in [0.5, 0.6) is 5.75 Å². The molecule has 0 aromatic heterocycles. The van der Waals surface area contributed by atoms with Crippen molar-refractivity contribution in [1.29, 1.82) is 0 Å². The molecule has 0 heterocycles. The summed E-state index contributed by atoms with van der Waals surface area (Å²) in [6.07, 6.45) is -0.107. The first-order valence-corrected chi connectivity index (χ1v) is 5.83. The molecule has 5 nitrogen and oxygen atoms in total. The second-order valence-electron chi connectivity index (χ2n) is 3.96. The number of carbonyl (C=O) groups is 2. The Hall–Kier alpha value is -2.04. The molecular weight excluding hydrogens is 232 g/mol. The van der Waals surface area contributed by atoms with E-state index in [1.165, 1.54) is 0 Å². The number of nitrogens with two attached hydrogens (primary N) is 1. The van der Waals surface area contributed by atoms with Crippen LogP contribution in [0.4, 0.5) is 0 Å². The lowest BCUT2D eigenvalue weighted by Gasteiger charge is -2.18. The Morgan fingerprint density at radius 1 is 1.39 bits per heavy atom. The Labute approximate surface area is 106 Å². The summed E-state index contributed by atoms with van der Waals surface area (Å²) in [5.74, 6) is -0.243. The molecule has 5 heteroatoms. The summed E-state index contributed by atoms with van der Waals surface area (Å²) >= 11 is 0. The lowest BCUT2D eigenvalue weighted by molar-refractivity contribution is -0.130. The van der Waals surface area contributed by atoms with Gasteiger partial charge in [0, 0.05) is 0 Å². The van der Waals surface area contributed by atoms with Crippen molar-refractivity contribution >= 4 is 11.8 Å². The predicted molar refractivity (Wildman–Crippen MR) is 68.1 cm³/mol. The van der Waals surface area contributed by atoms with Gasteiger partial charge in [-0.1, -0.05) is 25.1 Å². The summed E-state index contributed by atoms with van der Waals surface area (Å²) in [4.78, 5) is 22.3. The molecule has 0 aliphatic heterocycles. The van der Waals surface area contributed by atoms with Gasteiger partial charge in [-0.3, -0.25) is 9.59 Å². The number of para-hydroxylation sites is 1. The molecule has 0 unspecified atom stereocenters. The third-order valence-electron chi connectivity index (χ3n) is 2.46. The average molecular weight is 250 g/mol. The summed E-state index contributed by atoms with van der Waals surface area (Å²) in [5.41, 5.74) is 5.92. The van der Waals surface area contributed by atoms with E-state index in [-0.39, 0.29) is 12.5 Å². The van der Waals surface area contributed by atoms with Crippen LogP contribution in [0.1, 0.15) is 18.9 Å². The smallest absolute Gasteiger partial charge is 0.261 e. The Morgan fingerprint density at radius 3 is 2.61 bits per heavy atom. The highest BCUT2D eigenvalue weighted by Gasteiger charge is 2.18. The van der Waals surface area contributed by atoms with E-state index in [0.29, 0.717) is 12.2 Å². The number of ether oxygens (including phenoxy) is 1. The molecule has 3 N–H and O–H groups in total. The molecular formula is C13H18N2O3. The average Bonchev–Trinajstić information content (AvgIpc) is 2.35. The molecule has 0 bridgehead atoms. The van der Waals surface area contributed by atoms with Gasteiger partial charge in [0.15, 0.2) is 6.10 Å². The number of nitrogens with one attached hydrogen (secondary N) is 1. The zero-order chi connectivity index (χ0) is 13.5. The molecule has 0 saturated heterocycles. The second-order valence-corrected chi connectivity index (χ2v) is 3.96. The van der Waals surface area contributed by atoms with Gasteiger partial charge < -0.3 is 15.8 Å². The number of benzene rings is 1. The van der Waals surface area contributed by atoms with E-state index in [1.807, 2.05) is 32.0 Å². The van der Waals surface area contributed by atoms with Crippen LogP contribution in [-0.4, -0.2) is 24.5 Å². The van der Waals surface area contributed by atoms with Crippen molar-refractivity contribution in [3.8, 4) is 5.75 Å². The van der Waals surface area contributed by atoms with Gasteiger partial charge in [-0.2, -0.15) is 0 Å². The van der Waals surface area contributed by atoms with Crippen molar-refractivity contribution in [3.05, 3.63) is 29.8 Å². The topological polar surface area (TPSA) is 81.4 Å². The van der Waals surface area contributed by atoms with Crippen molar-refractivity contribution in [2.75, 3.05) is 6.54 Å². The van der Waals surface area contributed by atoms with Gasteiger partial charge >= 0.3 is 0 Å². The maximum atomic E-state index is 11.8. The fraction of sp³-hybridized carbons (Fsp3) is 0.385. The van der Waals surface area contributed by atoms with Crippen molar-refractivity contribution < 1.29 is 14.3 Å². The minimum Gasteiger partial charge on any atom is -0.480 e. The Morgan fingerprint density at radius 2 is 2.06 bits per heavy atom. The van der Waals surface area contributed by atoms with Gasteiger partial charge in [-0.05, 0) is 25.0 Å². The number of hydrogen-bond acceptors (Lipinski definition) is 3. The van der Waals surface area contributed by atoms with E-state index in [4.69, 9.17) is 10.5 Å². The predicted octanol–water partition coefficient (Wildman–Crippen LogP) is 0.754. The van der Waals surface area contributed by atoms with E-state index in [1.54, 1.807) is 6.07 Å². The van der Waals surface area contributed by atoms with Crippen LogP contribution in [0.3, 0.4) is 0 Å². The highest BCUT2D eigenvalue weighted by atomic mass is 16.5. The van der Waals surface area contributed by atoms with Gasteiger partial charge in [0.1, 0.15) is 5.75 Å². The molecule has 1 aromatic rings. The van der Waals surface area contributed by atoms with Gasteiger partial charge in [-0.15, -0.1) is 0 Å². The van der Waals surface area contributed by atoms with Crippen LogP contribution in [-0.2, 0) is 9.59 Å². The molecule has 0 aliphatic carbocycles. The lowest BCUT2D eigenvalue weighted by Crippen LogP contribution is -2.42. The van der Waals surface area contributed by atoms with Gasteiger partial charge in [-0.25, -0.2) is 0 Å². The summed E-state index contributed by atoms with van der Waals surface area (Å²) < 4.78 is 5.62. The molecule has 0 radical (unpaired) electrons. The highest BCUT2D eigenvalue weighted by Crippen LogP contribution is 2.18. The van der Waals surface area contributed by atoms with E-state index in [0.717, 1.165) is 5.56 Å². The molecule has 18 heavy (non-hydrogen) atoms. The standard InChI is InChI=1S/C13H18N2O3/c1-3-10(13(17)15-8-12(14)16)18-11-7-5-4-6-9(11)2/h4-7,10H,3,8H2,1-2H3,(H2,14,16)(H,15,17)/t10-/m0/s1. The largest absolute Gasteiger partial charge is 0.480 e. The number of rotatable bonds is 6. The SMILES string of the molecule is CC[C@H](Oc1ccccc1C)C(=O)NCC(N)=O. The molecule has 98 valence electrons. The van der Waals surface area contributed by atoms with Crippen LogP contribution in [0.25, 0.3) is 0 Å². The summed E-state index contributed by atoms with van der Waals surface area (Å²) in [5, 5.41) is 2.43. The first-order chi connectivity index (χ1) is 8.54. The number of aryl methyl sites for hydroxylation is 1. The number of carbonyl (C=O) groups excluding carboxylic acids is 2. The van der Waals surface area contributed by atoms with E-state index in [2.05, 4.69) is 5.32 Å². The minimum absolute atomic E-state index is 0.174. The third-order valence-corrected chi connectivity index (χ3v) is 2.46. The lowest BCUT2D eigenvalue weighted by atomic mass is 10.2. The molecule has 1 atom stereocenters. The van der Waals surface area contributed by atoms with Crippen LogP contribution >= 0.6 is 0 Å². The van der Waals surface area contributed by atoms with Crippen LogP contribution in [0.2, 0.25) is 0 Å².